The SMILES string of the molecule is CN=C(NCC1CCCN(C(=O)OC(C)(C)C)C1)N1CC(C)(C)C1(C)C. The number of piperidine rings is 1. The number of guanidine groups is 1. The van der Waals surface area contributed by atoms with E-state index in [4.69, 9.17) is 4.74 Å². The van der Waals surface area contributed by atoms with Crippen molar-refractivity contribution in [1.82, 2.24) is 15.1 Å². The van der Waals surface area contributed by atoms with Crippen molar-refractivity contribution in [2.75, 3.05) is 33.2 Å². The molecule has 1 atom stereocenters. The van der Waals surface area contributed by atoms with Gasteiger partial charge < -0.3 is 19.9 Å². The molecule has 150 valence electrons. The number of likely N-dealkylation sites (tertiary alicyclic amines) is 2. The molecule has 0 bridgehead atoms. The second-order valence-corrected chi connectivity index (χ2v) is 9.89. The molecule has 1 N–H and O–H groups in total. The number of nitrogens with zero attached hydrogens (tertiary/aromatic N) is 3. The number of hydrogen-bond donors (Lipinski definition) is 1. The maximum atomic E-state index is 12.3. The smallest absolute Gasteiger partial charge is 0.410 e. The van der Waals surface area contributed by atoms with Crippen molar-refractivity contribution in [2.24, 2.45) is 16.3 Å². The van der Waals surface area contributed by atoms with Crippen LogP contribution >= 0.6 is 0 Å². The molecule has 6 nitrogen and oxygen atoms in total. The first-order valence-electron chi connectivity index (χ1n) is 9.83. The molecule has 0 spiro atoms. The fraction of sp³-hybridized carbons (Fsp3) is 0.900. The van der Waals surface area contributed by atoms with E-state index in [1.165, 1.54) is 0 Å². The summed E-state index contributed by atoms with van der Waals surface area (Å²) in [4.78, 5) is 21.0. The van der Waals surface area contributed by atoms with Crippen molar-refractivity contribution in [2.45, 2.75) is 72.4 Å². The van der Waals surface area contributed by atoms with Gasteiger partial charge in [0.1, 0.15) is 5.60 Å². The van der Waals surface area contributed by atoms with Gasteiger partial charge in [-0.05, 0) is 53.4 Å². The zero-order valence-electron chi connectivity index (χ0n) is 18.0. The van der Waals surface area contributed by atoms with E-state index in [1.54, 1.807) is 0 Å². The van der Waals surface area contributed by atoms with Gasteiger partial charge >= 0.3 is 6.09 Å². The molecule has 2 heterocycles. The molecule has 2 aliphatic heterocycles. The molecule has 6 heteroatoms. The van der Waals surface area contributed by atoms with Crippen LogP contribution < -0.4 is 5.32 Å². The van der Waals surface area contributed by atoms with Gasteiger partial charge in [-0.2, -0.15) is 0 Å². The van der Waals surface area contributed by atoms with E-state index < -0.39 is 5.60 Å². The maximum absolute atomic E-state index is 12.3. The first-order chi connectivity index (χ1) is 11.9. The first-order valence-corrected chi connectivity index (χ1v) is 9.83. The van der Waals surface area contributed by atoms with Crippen LogP contribution in [-0.2, 0) is 4.74 Å². The quantitative estimate of drug-likeness (QED) is 0.602. The number of nitrogens with one attached hydrogen (secondary N) is 1. The third kappa shape index (κ3) is 4.44. The van der Waals surface area contributed by atoms with E-state index in [1.807, 2.05) is 32.7 Å². The highest BCUT2D eigenvalue weighted by molar-refractivity contribution is 5.82. The molecule has 26 heavy (non-hydrogen) atoms. The van der Waals surface area contributed by atoms with E-state index in [2.05, 4.69) is 42.9 Å². The van der Waals surface area contributed by atoms with Crippen LogP contribution in [0.15, 0.2) is 4.99 Å². The van der Waals surface area contributed by atoms with Gasteiger partial charge in [0.05, 0.1) is 0 Å². The Morgan fingerprint density at radius 2 is 1.92 bits per heavy atom. The van der Waals surface area contributed by atoms with Crippen LogP contribution in [0.1, 0.15) is 61.3 Å². The average molecular weight is 367 g/mol. The zero-order chi connectivity index (χ0) is 19.8. The standard InChI is InChI=1S/C20H38N4O2/c1-18(2,3)26-17(25)23-11-9-10-15(13-23)12-22-16(21-8)24-14-19(4,5)20(24,6)7/h15H,9-14H2,1-8H3,(H,21,22). The molecular formula is C20H38N4O2. The Labute approximate surface area is 159 Å². The van der Waals surface area contributed by atoms with Gasteiger partial charge in [0.25, 0.3) is 0 Å². The van der Waals surface area contributed by atoms with Crippen LogP contribution in [0.4, 0.5) is 4.79 Å². The lowest BCUT2D eigenvalue weighted by atomic mass is 9.65. The van der Waals surface area contributed by atoms with Crippen molar-refractivity contribution in [3.05, 3.63) is 0 Å². The predicted molar refractivity (Wildman–Crippen MR) is 106 cm³/mol. The number of carbonyl (C=O) groups is 1. The lowest BCUT2D eigenvalue weighted by molar-refractivity contribution is -0.0669. The Morgan fingerprint density at radius 1 is 1.27 bits per heavy atom. The van der Waals surface area contributed by atoms with Gasteiger partial charge in [0.2, 0.25) is 0 Å². The van der Waals surface area contributed by atoms with Crippen LogP contribution in [-0.4, -0.2) is 66.2 Å². The number of hydrogen-bond acceptors (Lipinski definition) is 3. The molecule has 2 saturated heterocycles. The Kier molecular flexibility index (Phi) is 5.83. The molecule has 0 aromatic carbocycles. The fourth-order valence-electron chi connectivity index (χ4n) is 3.65. The Morgan fingerprint density at radius 3 is 2.42 bits per heavy atom. The van der Waals surface area contributed by atoms with Crippen molar-refractivity contribution >= 4 is 12.1 Å². The minimum Gasteiger partial charge on any atom is -0.444 e. The number of rotatable bonds is 2. The highest BCUT2D eigenvalue weighted by Gasteiger charge is 2.53. The summed E-state index contributed by atoms with van der Waals surface area (Å²) in [6, 6.07) is 0. The summed E-state index contributed by atoms with van der Waals surface area (Å²) < 4.78 is 5.52. The summed E-state index contributed by atoms with van der Waals surface area (Å²) in [6.45, 7) is 18.3. The number of carbonyl (C=O) groups excluding carboxylic acids is 1. The molecule has 0 aromatic heterocycles. The molecule has 0 radical (unpaired) electrons. The van der Waals surface area contributed by atoms with Crippen molar-refractivity contribution in [3.63, 3.8) is 0 Å². The second kappa shape index (κ2) is 7.28. The molecule has 1 amide bonds. The van der Waals surface area contributed by atoms with Crippen LogP contribution in [0.5, 0.6) is 0 Å². The Balaban J connectivity index is 1.88. The largest absolute Gasteiger partial charge is 0.444 e. The highest BCUT2D eigenvalue weighted by atomic mass is 16.6. The molecule has 0 saturated carbocycles. The summed E-state index contributed by atoms with van der Waals surface area (Å²) in [5, 5.41) is 3.54. The Bertz CT molecular complexity index is 549. The number of aliphatic imine (C=N–C) groups is 1. The van der Waals surface area contributed by atoms with E-state index in [0.29, 0.717) is 5.92 Å². The Hall–Kier alpha value is -1.46. The van der Waals surface area contributed by atoms with Crippen LogP contribution in [0.3, 0.4) is 0 Å². The minimum atomic E-state index is -0.444. The van der Waals surface area contributed by atoms with Crippen LogP contribution in [0, 0.1) is 11.3 Å². The van der Waals surface area contributed by atoms with E-state index in [0.717, 1.165) is 45.0 Å². The van der Waals surface area contributed by atoms with Crippen molar-refractivity contribution in [1.29, 1.82) is 0 Å². The molecule has 1 unspecified atom stereocenters. The normalized spacial score (nSPS) is 25.5. The summed E-state index contributed by atoms with van der Waals surface area (Å²) in [5.74, 6) is 1.38. The number of ether oxygens (including phenoxy) is 1. The topological polar surface area (TPSA) is 57.2 Å². The third-order valence-corrected chi connectivity index (χ3v) is 6.07. The van der Waals surface area contributed by atoms with Crippen molar-refractivity contribution < 1.29 is 9.53 Å². The van der Waals surface area contributed by atoms with Gasteiger partial charge in [-0.1, -0.05) is 13.8 Å². The van der Waals surface area contributed by atoms with Crippen LogP contribution in [0.2, 0.25) is 0 Å². The fourth-order valence-corrected chi connectivity index (χ4v) is 3.65. The summed E-state index contributed by atoms with van der Waals surface area (Å²) in [7, 11) is 1.84. The lowest BCUT2D eigenvalue weighted by Crippen LogP contribution is -2.72. The van der Waals surface area contributed by atoms with Gasteiger partial charge in [0, 0.05) is 44.2 Å². The first kappa shape index (κ1) is 20.8. The minimum absolute atomic E-state index is 0.0873. The van der Waals surface area contributed by atoms with Gasteiger partial charge in [-0.15, -0.1) is 0 Å². The monoisotopic (exact) mass is 366 g/mol. The molecule has 0 aliphatic carbocycles. The summed E-state index contributed by atoms with van der Waals surface area (Å²) in [5.41, 5.74) is -0.0763. The summed E-state index contributed by atoms with van der Waals surface area (Å²) >= 11 is 0. The zero-order valence-corrected chi connectivity index (χ0v) is 18.0. The lowest BCUT2D eigenvalue weighted by Gasteiger charge is -2.62. The predicted octanol–water partition coefficient (Wildman–Crippen LogP) is 3.33. The highest BCUT2D eigenvalue weighted by Crippen LogP contribution is 2.46. The summed E-state index contributed by atoms with van der Waals surface area (Å²) in [6.07, 6.45) is 1.95. The van der Waals surface area contributed by atoms with Gasteiger partial charge in [0.15, 0.2) is 5.96 Å². The van der Waals surface area contributed by atoms with Gasteiger partial charge in [-0.3, -0.25) is 4.99 Å². The van der Waals surface area contributed by atoms with E-state index >= 15 is 0 Å². The molecular weight excluding hydrogens is 328 g/mol. The second-order valence-electron chi connectivity index (χ2n) is 9.89. The van der Waals surface area contributed by atoms with Crippen LogP contribution in [0.25, 0.3) is 0 Å². The molecule has 2 rings (SSSR count). The number of amides is 1. The van der Waals surface area contributed by atoms with Gasteiger partial charge in [-0.25, -0.2) is 4.79 Å². The van der Waals surface area contributed by atoms with Crippen molar-refractivity contribution in [3.8, 4) is 0 Å². The molecule has 2 aliphatic rings. The average Bonchev–Trinajstić information content (AvgIpc) is 2.53. The maximum Gasteiger partial charge on any atom is 0.410 e. The van der Waals surface area contributed by atoms with E-state index in [-0.39, 0.29) is 17.0 Å². The molecule has 0 aromatic rings. The third-order valence-electron chi connectivity index (χ3n) is 6.07. The van der Waals surface area contributed by atoms with E-state index in [9.17, 15) is 4.79 Å². The molecule has 2 fully saturated rings.